The summed E-state index contributed by atoms with van der Waals surface area (Å²) >= 11 is 0. The van der Waals surface area contributed by atoms with Gasteiger partial charge in [0.1, 0.15) is 6.29 Å². The Morgan fingerprint density at radius 1 is 1.31 bits per heavy atom. The van der Waals surface area contributed by atoms with Gasteiger partial charge in [-0.3, -0.25) is 4.79 Å². The molecule has 0 amide bonds. The predicted molar refractivity (Wildman–Crippen MR) is 54.6 cm³/mol. The molecule has 1 rings (SSSR count). The minimum atomic E-state index is 0.816. The van der Waals surface area contributed by atoms with Gasteiger partial charge in [-0.25, -0.2) is 0 Å². The van der Waals surface area contributed by atoms with Crippen LogP contribution in [0.25, 0.3) is 0 Å². The maximum atomic E-state index is 10.3. The molecule has 0 bridgehead atoms. The summed E-state index contributed by atoms with van der Waals surface area (Å²) in [5.74, 6) is 0. The van der Waals surface area contributed by atoms with Gasteiger partial charge in [-0.1, -0.05) is 36.4 Å². The highest BCUT2D eigenvalue weighted by atomic mass is 16.1. The normalized spacial score (nSPS) is 11.3. The molecule has 1 heteroatoms. The summed E-state index contributed by atoms with van der Waals surface area (Å²) in [5, 5.41) is 0. The fourth-order valence-electron chi connectivity index (χ4n) is 1.16. The van der Waals surface area contributed by atoms with E-state index in [-0.39, 0.29) is 0 Å². The second-order valence-electron chi connectivity index (χ2n) is 3.09. The second kappa shape index (κ2) is 5.31. The summed E-state index contributed by atoms with van der Waals surface area (Å²) in [6.07, 6.45) is 4.81. The second-order valence-corrected chi connectivity index (χ2v) is 3.09. The van der Waals surface area contributed by atoms with E-state index in [9.17, 15) is 4.79 Å². The van der Waals surface area contributed by atoms with Gasteiger partial charge in [0.15, 0.2) is 0 Å². The smallest absolute Gasteiger partial charge is 0.145 e. The Morgan fingerprint density at radius 3 is 2.62 bits per heavy atom. The largest absolute Gasteiger partial charge is 0.298 e. The van der Waals surface area contributed by atoms with Gasteiger partial charge in [0.25, 0.3) is 0 Å². The van der Waals surface area contributed by atoms with Crippen molar-refractivity contribution in [1.29, 1.82) is 0 Å². The zero-order valence-electron chi connectivity index (χ0n) is 7.86. The van der Waals surface area contributed by atoms with Crippen molar-refractivity contribution < 1.29 is 4.79 Å². The summed E-state index contributed by atoms with van der Waals surface area (Å²) in [7, 11) is 0. The van der Waals surface area contributed by atoms with Gasteiger partial charge in [-0.15, -0.1) is 0 Å². The lowest BCUT2D eigenvalue weighted by atomic mass is 10.1. The summed E-state index contributed by atoms with van der Waals surface area (Å²) < 4.78 is 0. The summed E-state index contributed by atoms with van der Waals surface area (Å²) in [6.45, 7) is 1.83. The molecular formula is C12H14O. The van der Waals surface area contributed by atoms with E-state index in [1.807, 2.05) is 31.2 Å². The van der Waals surface area contributed by atoms with Crippen molar-refractivity contribution in [3.05, 3.63) is 47.5 Å². The molecule has 0 aliphatic carbocycles. The minimum absolute atomic E-state index is 0.816. The van der Waals surface area contributed by atoms with E-state index >= 15 is 0 Å². The lowest BCUT2D eigenvalue weighted by Gasteiger charge is -1.96. The number of allylic oxidation sites excluding steroid dienone is 2. The SMILES string of the molecule is C/C(C=O)=C\CCc1ccccc1. The van der Waals surface area contributed by atoms with Gasteiger partial charge in [0, 0.05) is 0 Å². The van der Waals surface area contributed by atoms with Gasteiger partial charge >= 0.3 is 0 Å². The first-order valence-electron chi connectivity index (χ1n) is 4.49. The molecule has 0 saturated carbocycles. The Balaban J connectivity index is 2.40. The molecule has 1 aromatic carbocycles. The molecule has 1 aromatic rings. The van der Waals surface area contributed by atoms with Crippen LogP contribution in [0.4, 0.5) is 0 Å². The maximum Gasteiger partial charge on any atom is 0.145 e. The number of aldehydes is 1. The van der Waals surface area contributed by atoms with Crippen LogP contribution in [0.2, 0.25) is 0 Å². The molecule has 0 atom stereocenters. The van der Waals surface area contributed by atoms with Crippen molar-refractivity contribution in [3.63, 3.8) is 0 Å². The van der Waals surface area contributed by atoms with Gasteiger partial charge in [0.2, 0.25) is 0 Å². The number of rotatable bonds is 4. The molecule has 0 aromatic heterocycles. The Morgan fingerprint density at radius 2 is 2.00 bits per heavy atom. The molecule has 0 radical (unpaired) electrons. The average Bonchev–Trinajstić information content (AvgIpc) is 2.19. The first-order chi connectivity index (χ1) is 6.33. The number of hydrogen-bond donors (Lipinski definition) is 0. The van der Waals surface area contributed by atoms with Crippen LogP contribution in [0.15, 0.2) is 42.0 Å². The Labute approximate surface area is 79.1 Å². The van der Waals surface area contributed by atoms with Gasteiger partial charge in [0.05, 0.1) is 0 Å². The first-order valence-corrected chi connectivity index (χ1v) is 4.49. The highest BCUT2D eigenvalue weighted by molar-refractivity contribution is 5.71. The zero-order valence-corrected chi connectivity index (χ0v) is 7.86. The van der Waals surface area contributed by atoms with E-state index in [0.29, 0.717) is 0 Å². The third kappa shape index (κ3) is 3.70. The van der Waals surface area contributed by atoms with E-state index < -0.39 is 0 Å². The van der Waals surface area contributed by atoms with Crippen LogP contribution in [0.3, 0.4) is 0 Å². The number of hydrogen-bond acceptors (Lipinski definition) is 1. The number of carbonyl (C=O) groups excluding carboxylic acids is 1. The van der Waals surface area contributed by atoms with Gasteiger partial charge in [-0.05, 0) is 30.9 Å². The zero-order chi connectivity index (χ0) is 9.52. The highest BCUT2D eigenvalue weighted by Crippen LogP contribution is 2.03. The van der Waals surface area contributed by atoms with E-state index in [2.05, 4.69) is 12.1 Å². The first kappa shape index (κ1) is 9.72. The Hall–Kier alpha value is -1.37. The average molecular weight is 174 g/mol. The Kier molecular flexibility index (Phi) is 3.97. The van der Waals surface area contributed by atoms with Crippen molar-refractivity contribution >= 4 is 6.29 Å². The molecule has 68 valence electrons. The molecule has 13 heavy (non-hydrogen) atoms. The van der Waals surface area contributed by atoms with E-state index in [0.717, 1.165) is 24.7 Å². The molecule has 0 heterocycles. The number of carbonyl (C=O) groups is 1. The van der Waals surface area contributed by atoms with Crippen LogP contribution < -0.4 is 0 Å². The van der Waals surface area contributed by atoms with Gasteiger partial charge < -0.3 is 0 Å². The minimum Gasteiger partial charge on any atom is -0.298 e. The van der Waals surface area contributed by atoms with Crippen LogP contribution in [0.1, 0.15) is 18.9 Å². The standard InChI is InChI=1S/C12H14O/c1-11(10-13)6-5-9-12-7-3-2-4-8-12/h2-4,6-8,10H,5,9H2,1H3/b11-6+. The third-order valence-electron chi connectivity index (χ3n) is 1.93. The predicted octanol–water partition coefficient (Wildman–Crippen LogP) is 2.76. The quantitative estimate of drug-likeness (QED) is 0.506. The van der Waals surface area contributed by atoms with Crippen LogP contribution in [0.5, 0.6) is 0 Å². The summed E-state index contributed by atoms with van der Waals surface area (Å²) in [4.78, 5) is 10.3. The van der Waals surface area contributed by atoms with E-state index in [1.165, 1.54) is 5.56 Å². The van der Waals surface area contributed by atoms with Crippen LogP contribution in [-0.4, -0.2) is 6.29 Å². The monoisotopic (exact) mass is 174 g/mol. The van der Waals surface area contributed by atoms with Crippen molar-refractivity contribution in [1.82, 2.24) is 0 Å². The molecule has 0 unspecified atom stereocenters. The lowest BCUT2D eigenvalue weighted by Crippen LogP contribution is -1.83. The van der Waals surface area contributed by atoms with Crippen LogP contribution in [-0.2, 0) is 11.2 Å². The molecule has 0 aliphatic heterocycles. The van der Waals surface area contributed by atoms with Crippen LogP contribution >= 0.6 is 0 Å². The molecule has 0 fully saturated rings. The lowest BCUT2D eigenvalue weighted by molar-refractivity contribution is -0.104. The molecule has 0 saturated heterocycles. The van der Waals surface area contributed by atoms with Crippen molar-refractivity contribution in [3.8, 4) is 0 Å². The maximum absolute atomic E-state index is 10.3. The van der Waals surface area contributed by atoms with E-state index in [4.69, 9.17) is 0 Å². The molecule has 1 nitrogen and oxygen atoms in total. The Bertz CT molecular complexity index is 285. The van der Waals surface area contributed by atoms with Crippen LogP contribution in [0, 0.1) is 0 Å². The van der Waals surface area contributed by atoms with Gasteiger partial charge in [-0.2, -0.15) is 0 Å². The van der Waals surface area contributed by atoms with Crippen molar-refractivity contribution in [2.24, 2.45) is 0 Å². The molecule has 0 aliphatic rings. The highest BCUT2D eigenvalue weighted by Gasteiger charge is 1.89. The van der Waals surface area contributed by atoms with Crippen molar-refractivity contribution in [2.45, 2.75) is 19.8 Å². The number of aryl methyl sites for hydroxylation is 1. The fraction of sp³-hybridized carbons (Fsp3) is 0.250. The van der Waals surface area contributed by atoms with E-state index in [1.54, 1.807) is 0 Å². The van der Waals surface area contributed by atoms with Crippen molar-refractivity contribution in [2.75, 3.05) is 0 Å². The third-order valence-corrected chi connectivity index (χ3v) is 1.93. The molecular weight excluding hydrogens is 160 g/mol. The molecule has 0 N–H and O–H groups in total. The summed E-state index contributed by atoms with van der Waals surface area (Å²) in [5.41, 5.74) is 2.13. The summed E-state index contributed by atoms with van der Waals surface area (Å²) in [6, 6.07) is 10.3. The topological polar surface area (TPSA) is 17.1 Å². The molecule has 0 spiro atoms. The number of benzene rings is 1. The fourth-order valence-corrected chi connectivity index (χ4v) is 1.16.